The number of nitrogens with zero attached hydrogens (tertiary/aromatic N) is 3. The zero-order chi connectivity index (χ0) is 22.3. The van der Waals surface area contributed by atoms with Crippen LogP contribution in [-0.4, -0.2) is 41.8 Å². The molecule has 31 heavy (non-hydrogen) atoms. The van der Waals surface area contributed by atoms with E-state index in [4.69, 9.17) is 9.47 Å². The zero-order valence-electron chi connectivity index (χ0n) is 16.9. The van der Waals surface area contributed by atoms with E-state index in [0.29, 0.717) is 33.9 Å². The lowest BCUT2D eigenvalue weighted by atomic mass is 10.3. The van der Waals surface area contributed by atoms with Crippen molar-refractivity contribution in [3.63, 3.8) is 0 Å². The Balaban J connectivity index is 1.62. The van der Waals surface area contributed by atoms with Crippen molar-refractivity contribution in [1.29, 1.82) is 0 Å². The SMILES string of the molecule is C=CCn1c(COc2ccc(OC)cc2)nnc1SCCS(=O)(=O)c1ccc(Br)cc1. The highest BCUT2D eigenvalue weighted by Crippen LogP contribution is 2.22. The number of benzene rings is 2. The molecule has 0 aliphatic carbocycles. The van der Waals surface area contributed by atoms with Gasteiger partial charge in [0.25, 0.3) is 0 Å². The van der Waals surface area contributed by atoms with Crippen molar-refractivity contribution in [3.05, 3.63) is 71.5 Å². The summed E-state index contributed by atoms with van der Waals surface area (Å²) in [6.45, 7) is 4.50. The van der Waals surface area contributed by atoms with Gasteiger partial charge >= 0.3 is 0 Å². The van der Waals surface area contributed by atoms with Gasteiger partial charge in [0.15, 0.2) is 20.8 Å². The predicted molar refractivity (Wildman–Crippen MR) is 124 cm³/mol. The van der Waals surface area contributed by atoms with Crippen LogP contribution in [0.5, 0.6) is 11.5 Å². The fourth-order valence-electron chi connectivity index (χ4n) is 2.67. The van der Waals surface area contributed by atoms with Crippen LogP contribution < -0.4 is 9.47 Å². The van der Waals surface area contributed by atoms with Gasteiger partial charge in [-0.05, 0) is 48.5 Å². The number of thioether (sulfide) groups is 1. The lowest BCUT2D eigenvalue weighted by Crippen LogP contribution is -2.10. The lowest BCUT2D eigenvalue weighted by Gasteiger charge is -2.10. The van der Waals surface area contributed by atoms with Crippen molar-refractivity contribution in [2.75, 3.05) is 18.6 Å². The quantitative estimate of drug-likeness (QED) is 0.272. The molecule has 0 unspecified atom stereocenters. The summed E-state index contributed by atoms with van der Waals surface area (Å²) in [4.78, 5) is 0.303. The van der Waals surface area contributed by atoms with Crippen LogP contribution in [0.15, 0.2) is 75.7 Å². The molecule has 0 fully saturated rings. The van der Waals surface area contributed by atoms with Crippen molar-refractivity contribution in [2.45, 2.75) is 23.2 Å². The second-order valence-electron chi connectivity index (χ2n) is 6.38. The van der Waals surface area contributed by atoms with Crippen LogP contribution in [0, 0.1) is 0 Å². The van der Waals surface area contributed by atoms with E-state index < -0.39 is 9.84 Å². The number of sulfone groups is 1. The predicted octanol–water partition coefficient (Wildman–Crippen LogP) is 4.38. The van der Waals surface area contributed by atoms with E-state index in [0.717, 1.165) is 10.2 Å². The smallest absolute Gasteiger partial charge is 0.191 e. The average Bonchev–Trinajstić information content (AvgIpc) is 3.14. The molecule has 7 nitrogen and oxygen atoms in total. The molecule has 0 amide bonds. The second kappa shape index (κ2) is 10.8. The van der Waals surface area contributed by atoms with Crippen molar-refractivity contribution in [2.24, 2.45) is 0 Å². The molecule has 0 N–H and O–H groups in total. The standard InChI is InChI=1S/C21H22BrN3O4S2/c1-3-12-25-20(15-29-18-8-6-17(28-2)7-9-18)23-24-21(25)30-13-14-31(26,27)19-10-4-16(22)5-11-19/h3-11H,1,12-15H2,2H3. The van der Waals surface area contributed by atoms with Crippen LogP contribution in [0.25, 0.3) is 0 Å². The largest absolute Gasteiger partial charge is 0.497 e. The van der Waals surface area contributed by atoms with Crippen LogP contribution in [0.2, 0.25) is 0 Å². The minimum absolute atomic E-state index is 0.00205. The van der Waals surface area contributed by atoms with Crippen LogP contribution in [0.4, 0.5) is 0 Å². The van der Waals surface area contributed by atoms with Gasteiger partial charge in [-0.1, -0.05) is 33.8 Å². The molecule has 10 heteroatoms. The van der Waals surface area contributed by atoms with Crippen molar-refractivity contribution in [1.82, 2.24) is 14.8 Å². The summed E-state index contributed by atoms with van der Waals surface area (Å²) in [5, 5.41) is 9.04. The number of ether oxygens (including phenoxy) is 2. The molecule has 3 aromatic rings. The molecular formula is C21H22BrN3O4S2. The minimum atomic E-state index is -3.37. The highest BCUT2D eigenvalue weighted by molar-refractivity contribution is 9.10. The van der Waals surface area contributed by atoms with Gasteiger partial charge in [0, 0.05) is 16.8 Å². The summed E-state index contributed by atoms with van der Waals surface area (Å²) in [6.07, 6.45) is 1.74. The first-order valence-corrected chi connectivity index (χ1v) is 12.8. The summed E-state index contributed by atoms with van der Waals surface area (Å²) in [7, 11) is -1.76. The first-order chi connectivity index (χ1) is 14.9. The summed E-state index contributed by atoms with van der Waals surface area (Å²) < 4.78 is 38.7. The Labute approximate surface area is 194 Å². The first kappa shape index (κ1) is 23.4. The molecule has 0 bridgehead atoms. The maximum Gasteiger partial charge on any atom is 0.191 e. The second-order valence-corrected chi connectivity index (χ2v) is 10.5. The Kier molecular flexibility index (Phi) is 8.16. The van der Waals surface area contributed by atoms with Crippen LogP contribution in [0.3, 0.4) is 0 Å². The van der Waals surface area contributed by atoms with Gasteiger partial charge in [0.1, 0.15) is 18.1 Å². The van der Waals surface area contributed by atoms with Crippen LogP contribution in [-0.2, 0) is 23.0 Å². The first-order valence-electron chi connectivity index (χ1n) is 9.34. The van der Waals surface area contributed by atoms with Gasteiger partial charge in [-0.2, -0.15) is 0 Å². The molecule has 1 heterocycles. The number of hydrogen-bond donors (Lipinski definition) is 0. The van der Waals surface area contributed by atoms with Crippen molar-refractivity contribution in [3.8, 4) is 11.5 Å². The lowest BCUT2D eigenvalue weighted by molar-refractivity contribution is 0.288. The Morgan fingerprint density at radius 2 is 1.77 bits per heavy atom. The van der Waals surface area contributed by atoms with Gasteiger partial charge in [-0.25, -0.2) is 8.42 Å². The number of aromatic nitrogens is 3. The Bertz CT molecular complexity index is 1110. The maximum atomic E-state index is 12.5. The zero-order valence-corrected chi connectivity index (χ0v) is 20.1. The van der Waals surface area contributed by atoms with E-state index in [1.165, 1.54) is 11.8 Å². The van der Waals surface area contributed by atoms with Crippen molar-refractivity contribution >= 4 is 37.5 Å². The molecule has 0 radical (unpaired) electrons. The third-order valence-electron chi connectivity index (χ3n) is 4.29. The van der Waals surface area contributed by atoms with E-state index in [1.807, 2.05) is 28.8 Å². The third-order valence-corrected chi connectivity index (χ3v) is 7.78. The van der Waals surface area contributed by atoms with E-state index in [-0.39, 0.29) is 12.4 Å². The summed E-state index contributed by atoms with van der Waals surface area (Å²) >= 11 is 4.65. The van der Waals surface area contributed by atoms with Crippen molar-refractivity contribution < 1.29 is 17.9 Å². The highest BCUT2D eigenvalue weighted by Gasteiger charge is 2.17. The number of rotatable bonds is 11. The minimum Gasteiger partial charge on any atom is -0.497 e. The molecular weight excluding hydrogens is 502 g/mol. The van der Waals surface area contributed by atoms with Crippen LogP contribution in [0.1, 0.15) is 5.82 Å². The third kappa shape index (κ3) is 6.34. The number of methoxy groups -OCH3 is 1. The van der Waals surface area contributed by atoms with Gasteiger partial charge < -0.3 is 9.47 Å². The van der Waals surface area contributed by atoms with E-state index in [2.05, 4.69) is 32.7 Å². The Morgan fingerprint density at radius 3 is 2.42 bits per heavy atom. The van der Waals surface area contributed by atoms with Gasteiger partial charge in [0.05, 0.1) is 17.8 Å². The monoisotopic (exact) mass is 523 g/mol. The van der Waals surface area contributed by atoms with E-state index in [1.54, 1.807) is 37.5 Å². The van der Waals surface area contributed by atoms with E-state index >= 15 is 0 Å². The Morgan fingerprint density at radius 1 is 1.10 bits per heavy atom. The van der Waals surface area contributed by atoms with Gasteiger partial charge in [-0.15, -0.1) is 16.8 Å². The maximum absolute atomic E-state index is 12.5. The average molecular weight is 524 g/mol. The van der Waals surface area contributed by atoms with Crippen LogP contribution >= 0.6 is 27.7 Å². The topological polar surface area (TPSA) is 83.3 Å². The summed E-state index contributed by atoms with van der Waals surface area (Å²) in [5.74, 6) is 2.42. The molecule has 0 atom stereocenters. The molecule has 0 aliphatic heterocycles. The number of allylic oxidation sites excluding steroid dienone is 1. The van der Waals surface area contributed by atoms with Gasteiger partial charge in [-0.3, -0.25) is 4.57 Å². The number of hydrogen-bond acceptors (Lipinski definition) is 7. The number of halogens is 1. The normalized spacial score (nSPS) is 11.3. The summed E-state index contributed by atoms with van der Waals surface area (Å²) in [5.41, 5.74) is 0. The molecule has 1 aromatic heterocycles. The Hall–Kier alpha value is -2.30. The fourth-order valence-corrected chi connectivity index (χ4v) is 5.55. The molecule has 2 aromatic carbocycles. The molecule has 0 saturated heterocycles. The summed E-state index contributed by atoms with van der Waals surface area (Å²) in [6, 6.07) is 13.9. The molecule has 0 saturated carbocycles. The molecule has 164 valence electrons. The highest BCUT2D eigenvalue weighted by atomic mass is 79.9. The van der Waals surface area contributed by atoms with Gasteiger partial charge in [0.2, 0.25) is 0 Å². The fraction of sp³-hybridized carbons (Fsp3) is 0.238. The molecule has 0 spiro atoms. The molecule has 3 rings (SSSR count). The van der Waals surface area contributed by atoms with E-state index in [9.17, 15) is 8.42 Å². The molecule has 0 aliphatic rings.